The molecule has 0 bridgehead atoms. The summed E-state index contributed by atoms with van der Waals surface area (Å²) in [5.41, 5.74) is 1.75. The average molecular weight is 697 g/mol. The molecule has 0 spiro atoms. The van der Waals surface area contributed by atoms with E-state index in [-0.39, 0.29) is 42.1 Å². The minimum atomic E-state index is -4.32. The fourth-order valence-electron chi connectivity index (χ4n) is 4.97. The molecule has 0 aromatic heterocycles. The molecule has 0 fully saturated rings. The predicted octanol–water partition coefficient (Wildman–Crippen LogP) is 7.14. The Bertz CT molecular complexity index is 1740. The summed E-state index contributed by atoms with van der Waals surface area (Å²) < 4.78 is 35.4. The van der Waals surface area contributed by atoms with Crippen LogP contribution in [0.3, 0.4) is 0 Å². The zero-order valence-corrected chi connectivity index (χ0v) is 28.9. The number of nitrogens with one attached hydrogen (secondary N) is 1. The van der Waals surface area contributed by atoms with Gasteiger partial charge in [-0.3, -0.25) is 13.9 Å². The fourth-order valence-corrected chi connectivity index (χ4v) is 6.65. The molecule has 0 saturated carbocycles. The summed E-state index contributed by atoms with van der Waals surface area (Å²) in [5.74, 6) is -0.628. The molecule has 248 valence electrons. The standard InChI is InChI=1S/C36H39Cl2N3O5S/c1-4-26(3)39-36(43)33(23-27-11-7-6-8-12-27)40(24-28-15-17-29(37)18-16-28)35(42)25-41(32-13-9-10-14-34(32)46-5-2)47(44,45)31-21-19-30(38)20-22-31/h6-22,26,33H,4-5,23-25H2,1-3H3,(H,39,43)/t26-,33-/m1/s1. The van der Waals surface area contributed by atoms with Crippen molar-refractivity contribution in [3.63, 3.8) is 0 Å². The molecule has 8 nitrogen and oxygen atoms in total. The van der Waals surface area contributed by atoms with Gasteiger partial charge in [0.1, 0.15) is 18.3 Å². The van der Waals surface area contributed by atoms with E-state index >= 15 is 0 Å². The van der Waals surface area contributed by atoms with Gasteiger partial charge in [0, 0.05) is 29.1 Å². The first-order valence-electron chi connectivity index (χ1n) is 15.4. The summed E-state index contributed by atoms with van der Waals surface area (Å²) in [6.45, 7) is 5.35. The number of para-hydroxylation sites is 2. The van der Waals surface area contributed by atoms with Gasteiger partial charge in [0.15, 0.2) is 0 Å². The molecule has 2 amide bonds. The van der Waals surface area contributed by atoms with Gasteiger partial charge >= 0.3 is 0 Å². The lowest BCUT2D eigenvalue weighted by Crippen LogP contribution is -2.54. The van der Waals surface area contributed by atoms with E-state index < -0.39 is 28.5 Å². The van der Waals surface area contributed by atoms with Gasteiger partial charge in [-0.05, 0) is 79.9 Å². The van der Waals surface area contributed by atoms with Crippen molar-refractivity contribution in [3.8, 4) is 5.75 Å². The lowest BCUT2D eigenvalue weighted by atomic mass is 10.0. The van der Waals surface area contributed by atoms with Crippen LogP contribution >= 0.6 is 23.2 Å². The normalized spacial score (nSPS) is 12.5. The van der Waals surface area contributed by atoms with E-state index in [1.54, 1.807) is 55.5 Å². The van der Waals surface area contributed by atoms with Crippen molar-refractivity contribution in [2.24, 2.45) is 0 Å². The number of amides is 2. The van der Waals surface area contributed by atoms with E-state index in [0.29, 0.717) is 22.2 Å². The highest BCUT2D eigenvalue weighted by Crippen LogP contribution is 2.33. The number of carbonyl (C=O) groups is 2. The fraction of sp³-hybridized carbons (Fsp3) is 0.278. The van der Waals surface area contributed by atoms with Crippen molar-refractivity contribution >= 4 is 50.7 Å². The minimum Gasteiger partial charge on any atom is -0.492 e. The summed E-state index contributed by atoms with van der Waals surface area (Å²) in [7, 11) is -4.32. The molecule has 1 N–H and O–H groups in total. The van der Waals surface area contributed by atoms with Gasteiger partial charge in [-0.25, -0.2) is 8.42 Å². The van der Waals surface area contributed by atoms with E-state index in [1.807, 2.05) is 44.2 Å². The van der Waals surface area contributed by atoms with Crippen LogP contribution in [0.25, 0.3) is 0 Å². The Balaban J connectivity index is 1.84. The molecular formula is C36H39Cl2N3O5S. The molecule has 0 aliphatic heterocycles. The molecule has 0 heterocycles. The van der Waals surface area contributed by atoms with Gasteiger partial charge in [-0.2, -0.15) is 0 Å². The van der Waals surface area contributed by atoms with Gasteiger partial charge in [-0.1, -0.05) is 84.7 Å². The third-order valence-electron chi connectivity index (χ3n) is 7.65. The van der Waals surface area contributed by atoms with Crippen LogP contribution in [-0.4, -0.2) is 50.4 Å². The van der Waals surface area contributed by atoms with Crippen LogP contribution in [0.4, 0.5) is 5.69 Å². The van der Waals surface area contributed by atoms with Crippen LogP contribution in [0.1, 0.15) is 38.3 Å². The Morgan fingerprint density at radius 3 is 2.02 bits per heavy atom. The molecule has 0 aliphatic carbocycles. The van der Waals surface area contributed by atoms with Crippen molar-refractivity contribution in [2.75, 3.05) is 17.5 Å². The number of benzene rings is 4. The van der Waals surface area contributed by atoms with Gasteiger partial charge in [0.25, 0.3) is 10.0 Å². The molecule has 2 atom stereocenters. The van der Waals surface area contributed by atoms with E-state index in [4.69, 9.17) is 27.9 Å². The smallest absolute Gasteiger partial charge is 0.264 e. The van der Waals surface area contributed by atoms with Crippen molar-refractivity contribution in [1.82, 2.24) is 10.2 Å². The number of anilines is 1. The van der Waals surface area contributed by atoms with Crippen LogP contribution < -0.4 is 14.4 Å². The number of ether oxygens (including phenoxy) is 1. The molecule has 0 radical (unpaired) electrons. The lowest BCUT2D eigenvalue weighted by Gasteiger charge is -2.34. The first-order valence-corrected chi connectivity index (χ1v) is 17.6. The van der Waals surface area contributed by atoms with Gasteiger partial charge in [0.2, 0.25) is 11.8 Å². The Labute approximate surface area is 287 Å². The summed E-state index contributed by atoms with van der Waals surface area (Å²) >= 11 is 12.2. The zero-order valence-electron chi connectivity index (χ0n) is 26.6. The summed E-state index contributed by atoms with van der Waals surface area (Å²) in [5, 5.41) is 3.92. The Hall–Kier alpha value is -4.05. The molecule has 11 heteroatoms. The van der Waals surface area contributed by atoms with Gasteiger partial charge < -0.3 is 15.0 Å². The Kier molecular flexibility index (Phi) is 12.7. The molecule has 4 aromatic rings. The van der Waals surface area contributed by atoms with Crippen molar-refractivity contribution in [3.05, 3.63) is 124 Å². The maximum absolute atomic E-state index is 14.6. The minimum absolute atomic E-state index is 0.0311. The van der Waals surface area contributed by atoms with E-state index in [9.17, 15) is 18.0 Å². The molecule has 0 aliphatic rings. The third-order valence-corrected chi connectivity index (χ3v) is 9.93. The molecular weight excluding hydrogens is 657 g/mol. The van der Waals surface area contributed by atoms with Gasteiger partial charge in [-0.15, -0.1) is 0 Å². The van der Waals surface area contributed by atoms with Crippen LogP contribution in [0, 0.1) is 0 Å². The van der Waals surface area contributed by atoms with Crippen molar-refractivity contribution < 1.29 is 22.7 Å². The van der Waals surface area contributed by atoms with E-state index in [0.717, 1.165) is 15.4 Å². The molecule has 47 heavy (non-hydrogen) atoms. The monoisotopic (exact) mass is 695 g/mol. The van der Waals surface area contributed by atoms with Crippen LogP contribution in [0.15, 0.2) is 108 Å². The summed E-state index contributed by atoms with van der Waals surface area (Å²) in [6, 6.07) is 27.7. The summed E-state index contributed by atoms with van der Waals surface area (Å²) in [6.07, 6.45) is 0.901. The number of nitrogens with zero attached hydrogens (tertiary/aromatic N) is 2. The van der Waals surface area contributed by atoms with Crippen molar-refractivity contribution in [1.29, 1.82) is 0 Å². The van der Waals surface area contributed by atoms with Crippen LogP contribution in [-0.2, 0) is 32.6 Å². The average Bonchev–Trinajstić information content (AvgIpc) is 3.07. The van der Waals surface area contributed by atoms with E-state index in [1.165, 1.54) is 29.2 Å². The third kappa shape index (κ3) is 9.50. The second-order valence-electron chi connectivity index (χ2n) is 11.0. The Morgan fingerprint density at radius 1 is 0.809 bits per heavy atom. The Morgan fingerprint density at radius 2 is 1.40 bits per heavy atom. The van der Waals surface area contributed by atoms with E-state index in [2.05, 4.69) is 5.32 Å². The highest BCUT2D eigenvalue weighted by atomic mass is 35.5. The second kappa shape index (κ2) is 16.7. The van der Waals surface area contributed by atoms with Crippen molar-refractivity contribution in [2.45, 2.75) is 57.1 Å². The lowest BCUT2D eigenvalue weighted by molar-refractivity contribution is -0.140. The predicted molar refractivity (Wildman–Crippen MR) is 187 cm³/mol. The first-order chi connectivity index (χ1) is 22.5. The van der Waals surface area contributed by atoms with Crippen LogP contribution in [0.2, 0.25) is 10.0 Å². The number of hydrogen-bond donors (Lipinski definition) is 1. The summed E-state index contributed by atoms with van der Waals surface area (Å²) in [4.78, 5) is 30.0. The zero-order chi connectivity index (χ0) is 34.0. The largest absolute Gasteiger partial charge is 0.492 e. The molecule has 0 saturated heterocycles. The topological polar surface area (TPSA) is 96.0 Å². The number of halogens is 2. The second-order valence-corrected chi connectivity index (χ2v) is 13.8. The number of sulfonamides is 1. The maximum Gasteiger partial charge on any atom is 0.264 e. The SMILES string of the molecule is CCOc1ccccc1N(CC(=O)N(Cc1ccc(Cl)cc1)[C@H](Cc1ccccc1)C(=O)N[C@H](C)CC)S(=O)(=O)c1ccc(Cl)cc1. The van der Waals surface area contributed by atoms with Crippen LogP contribution in [0.5, 0.6) is 5.75 Å². The maximum atomic E-state index is 14.6. The first kappa shape index (κ1) is 35.8. The molecule has 4 aromatic carbocycles. The number of carbonyl (C=O) groups excluding carboxylic acids is 2. The number of rotatable bonds is 15. The van der Waals surface area contributed by atoms with Gasteiger partial charge in [0.05, 0.1) is 17.2 Å². The highest BCUT2D eigenvalue weighted by molar-refractivity contribution is 7.92. The molecule has 0 unspecified atom stereocenters. The highest BCUT2D eigenvalue weighted by Gasteiger charge is 2.35. The number of hydrogen-bond acceptors (Lipinski definition) is 5. The quantitative estimate of drug-likeness (QED) is 0.143. The molecule has 4 rings (SSSR count).